The van der Waals surface area contributed by atoms with E-state index in [-0.39, 0.29) is 0 Å². The van der Waals surface area contributed by atoms with Crippen LogP contribution in [0.15, 0.2) is 52.9 Å². The second kappa shape index (κ2) is 7.43. The molecule has 2 aromatic heterocycles. The second-order valence-electron chi connectivity index (χ2n) is 6.17. The van der Waals surface area contributed by atoms with Crippen LogP contribution in [0.3, 0.4) is 0 Å². The molecular formula is C21H18N2S2. The Bertz CT molecular complexity index is 909. The van der Waals surface area contributed by atoms with E-state index in [0.717, 1.165) is 34.9 Å². The summed E-state index contributed by atoms with van der Waals surface area (Å²) in [6, 6.07) is 17.0. The highest BCUT2D eigenvalue weighted by Crippen LogP contribution is 2.38. The average molecular weight is 363 g/mol. The summed E-state index contributed by atoms with van der Waals surface area (Å²) in [5, 5.41) is 12.8. The molecule has 2 heterocycles. The van der Waals surface area contributed by atoms with Gasteiger partial charge >= 0.3 is 0 Å². The first kappa shape index (κ1) is 16.4. The van der Waals surface area contributed by atoms with E-state index in [1.165, 1.54) is 34.4 Å². The molecule has 0 unspecified atom stereocenters. The van der Waals surface area contributed by atoms with Crippen LogP contribution in [0, 0.1) is 11.3 Å². The Balaban J connectivity index is 1.77. The van der Waals surface area contributed by atoms with Crippen LogP contribution in [0.1, 0.15) is 35.1 Å². The van der Waals surface area contributed by atoms with Crippen LogP contribution in [0.25, 0.3) is 10.6 Å². The highest BCUT2D eigenvalue weighted by Gasteiger charge is 2.23. The molecule has 3 aromatic rings. The van der Waals surface area contributed by atoms with Crippen molar-refractivity contribution in [2.75, 3.05) is 0 Å². The van der Waals surface area contributed by atoms with E-state index in [1.54, 1.807) is 23.1 Å². The Morgan fingerprint density at radius 3 is 2.56 bits per heavy atom. The zero-order chi connectivity index (χ0) is 17.1. The molecule has 2 nitrogen and oxygen atoms in total. The van der Waals surface area contributed by atoms with Crippen LogP contribution in [0.4, 0.5) is 0 Å². The lowest BCUT2D eigenvalue weighted by molar-refractivity contribution is 0.678. The molecule has 0 fully saturated rings. The lowest BCUT2D eigenvalue weighted by atomic mass is 9.88. The zero-order valence-electron chi connectivity index (χ0n) is 13.9. The van der Waals surface area contributed by atoms with Crippen LogP contribution < -0.4 is 0 Å². The van der Waals surface area contributed by atoms with E-state index in [1.807, 2.05) is 6.07 Å². The van der Waals surface area contributed by atoms with Gasteiger partial charge in [0.2, 0.25) is 0 Å². The lowest BCUT2D eigenvalue weighted by Gasteiger charge is -2.21. The minimum absolute atomic E-state index is 0.802. The van der Waals surface area contributed by atoms with Gasteiger partial charge in [0.15, 0.2) is 0 Å². The van der Waals surface area contributed by atoms with Crippen molar-refractivity contribution < 1.29 is 0 Å². The zero-order valence-corrected chi connectivity index (χ0v) is 15.5. The molecule has 1 aliphatic carbocycles. The van der Waals surface area contributed by atoms with Gasteiger partial charge < -0.3 is 0 Å². The van der Waals surface area contributed by atoms with Crippen molar-refractivity contribution in [1.82, 2.24) is 4.98 Å². The van der Waals surface area contributed by atoms with Crippen LogP contribution in [0.2, 0.25) is 0 Å². The molecule has 0 N–H and O–H groups in total. The summed E-state index contributed by atoms with van der Waals surface area (Å²) in [6.07, 6.45) is 4.39. The number of pyridine rings is 1. The van der Waals surface area contributed by atoms with Gasteiger partial charge in [0.1, 0.15) is 11.1 Å². The average Bonchev–Trinajstić information content (AvgIpc) is 3.21. The molecule has 0 spiro atoms. The van der Waals surface area contributed by atoms with Gasteiger partial charge in [-0.25, -0.2) is 4.98 Å². The molecule has 25 heavy (non-hydrogen) atoms. The van der Waals surface area contributed by atoms with Gasteiger partial charge in [-0.15, -0.1) is 23.1 Å². The maximum Gasteiger partial charge on any atom is 0.115 e. The number of hydrogen-bond acceptors (Lipinski definition) is 4. The van der Waals surface area contributed by atoms with E-state index in [4.69, 9.17) is 4.98 Å². The largest absolute Gasteiger partial charge is 0.239 e. The van der Waals surface area contributed by atoms with E-state index in [9.17, 15) is 5.26 Å². The van der Waals surface area contributed by atoms with Crippen molar-refractivity contribution in [2.24, 2.45) is 0 Å². The first-order valence-corrected chi connectivity index (χ1v) is 10.4. The molecule has 0 atom stereocenters. The summed E-state index contributed by atoms with van der Waals surface area (Å²) in [5.41, 5.74) is 5.70. The number of aromatic nitrogens is 1. The van der Waals surface area contributed by atoms with Gasteiger partial charge in [-0.1, -0.05) is 36.4 Å². The first-order chi connectivity index (χ1) is 12.4. The van der Waals surface area contributed by atoms with Crippen LogP contribution in [-0.2, 0) is 18.6 Å². The van der Waals surface area contributed by atoms with Crippen molar-refractivity contribution in [3.8, 4) is 16.6 Å². The summed E-state index contributed by atoms with van der Waals surface area (Å²) >= 11 is 3.41. The topological polar surface area (TPSA) is 36.7 Å². The van der Waals surface area contributed by atoms with Gasteiger partial charge in [0.05, 0.1) is 16.1 Å². The van der Waals surface area contributed by atoms with E-state index in [2.05, 4.69) is 47.8 Å². The monoisotopic (exact) mass is 362 g/mol. The fraction of sp³-hybridized carbons (Fsp3) is 0.238. The van der Waals surface area contributed by atoms with Gasteiger partial charge in [0, 0.05) is 5.75 Å². The minimum Gasteiger partial charge on any atom is -0.239 e. The smallest absolute Gasteiger partial charge is 0.115 e. The SMILES string of the molecule is N#Cc1c(SCc2ccccc2)nc(-c2cccs2)c2c1CCCC2. The summed E-state index contributed by atoms with van der Waals surface area (Å²) < 4.78 is 0. The fourth-order valence-electron chi connectivity index (χ4n) is 3.36. The van der Waals surface area contributed by atoms with Gasteiger partial charge in [0.25, 0.3) is 0 Å². The minimum atomic E-state index is 0.802. The third kappa shape index (κ3) is 3.35. The number of rotatable bonds is 4. The third-order valence-corrected chi connectivity index (χ3v) is 6.49. The predicted octanol–water partition coefficient (Wildman–Crippen LogP) is 5.85. The molecule has 0 bridgehead atoms. The molecule has 1 aliphatic rings. The number of hydrogen-bond donors (Lipinski definition) is 0. The molecule has 4 rings (SSSR count). The molecule has 0 amide bonds. The maximum atomic E-state index is 9.79. The van der Waals surface area contributed by atoms with Crippen molar-refractivity contribution in [3.63, 3.8) is 0 Å². The Labute approximate surface area is 156 Å². The van der Waals surface area contributed by atoms with Crippen LogP contribution in [0.5, 0.6) is 0 Å². The van der Waals surface area contributed by atoms with Crippen molar-refractivity contribution in [1.29, 1.82) is 5.26 Å². The fourth-order valence-corrected chi connectivity index (χ4v) is 5.07. The molecule has 4 heteroatoms. The van der Waals surface area contributed by atoms with Crippen LogP contribution in [-0.4, -0.2) is 4.98 Å². The highest BCUT2D eigenvalue weighted by atomic mass is 32.2. The number of thiophene rings is 1. The van der Waals surface area contributed by atoms with Crippen molar-refractivity contribution in [2.45, 2.75) is 36.5 Å². The number of thioether (sulfide) groups is 1. The van der Waals surface area contributed by atoms with Crippen molar-refractivity contribution >= 4 is 23.1 Å². The Morgan fingerprint density at radius 1 is 1.04 bits per heavy atom. The lowest BCUT2D eigenvalue weighted by Crippen LogP contribution is -2.10. The van der Waals surface area contributed by atoms with Gasteiger partial charge in [-0.05, 0) is 53.8 Å². The normalized spacial score (nSPS) is 13.2. The quantitative estimate of drug-likeness (QED) is 0.546. The predicted molar refractivity (Wildman–Crippen MR) is 105 cm³/mol. The summed E-state index contributed by atoms with van der Waals surface area (Å²) in [7, 11) is 0. The molecule has 0 saturated carbocycles. The molecule has 124 valence electrons. The Morgan fingerprint density at radius 2 is 1.84 bits per heavy atom. The number of fused-ring (bicyclic) bond motifs is 1. The Hall–Kier alpha value is -2.09. The number of benzene rings is 1. The van der Waals surface area contributed by atoms with E-state index >= 15 is 0 Å². The summed E-state index contributed by atoms with van der Waals surface area (Å²) in [5.74, 6) is 0.838. The highest BCUT2D eigenvalue weighted by molar-refractivity contribution is 7.98. The van der Waals surface area contributed by atoms with Crippen LogP contribution >= 0.6 is 23.1 Å². The van der Waals surface area contributed by atoms with Crippen molar-refractivity contribution in [3.05, 3.63) is 70.1 Å². The molecule has 0 radical (unpaired) electrons. The maximum absolute atomic E-state index is 9.79. The standard InChI is InChI=1S/C21H18N2S2/c22-13-18-16-9-4-5-10-17(16)20(19-11-6-12-24-19)23-21(18)25-14-15-7-2-1-3-8-15/h1-3,6-8,11-12H,4-5,9-10,14H2. The first-order valence-electron chi connectivity index (χ1n) is 8.53. The van der Waals surface area contributed by atoms with E-state index in [0.29, 0.717) is 0 Å². The van der Waals surface area contributed by atoms with Gasteiger partial charge in [-0.2, -0.15) is 5.26 Å². The number of nitrogens with zero attached hydrogens (tertiary/aromatic N) is 2. The third-order valence-electron chi connectivity index (χ3n) is 4.57. The van der Waals surface area contributed by atoms with E-state index < -0.39 is 0 Å². The molecule has 1 aromatic carbocycles. The molecule has 0 saturated heterocycles. The van der Waals surface area contributed by atoms with Gasteiger partial charge in [-0.3, -0.25) is 0 Å². The summed E-state index contributed by atoms with van der Waals surface area (Å²) in [4.78, 5) is 6.18. The second-order valence-corrected chi connectivity index (χ2v) is 8.08. The number of nitriles is 1. The summed E-state index contributed by atoms with van der Waals surface area (Å²) in [6.45, 7) is 0. The molecular weight excluding hydrogens is 344 g/mol. The molecule has 0 aliphatic heterocycles. The Kier molecular flexibility index (Phi) is 4.87.